The Morgan fingerprint density at radius 2 is 2.00 bits per heavy atom. The van der Waals surface area contributed by atoms with Crippen LogP contribution in [0.2, 0.25) is 0 Å². The van der Waals surface area contributed by atoms with E-state index in [0.717, 1.165) is 76.0 Å². The van der Waals surface area contributed by atoms with Gasteiger partial charge in [-0.15, -0.1) is 11.3 Å². The van der Waals surface area contributed by atoms with Gasteiger partial charge in [0.1, 0.15) is 22.7 Å². The van der Waals surface area contributed by atoms with Crippen molar-refractivity contribution in [3.63, 3.8) is 0 Å². The van der Waals surface area contributed by atoms with E-state index in [0.29, 0.717) is 6.61 Å². The van der Waals surface area contributed by atoms with Crippen LogP contribution in [0.25, 0.3) is 31.9 Å². The van der Waals surface area contributed by atoms with E-state index in [9.17, 15) is 0 Å². The lowest BCUT2D eigenvalue weighted by atomic mass is 9.89. The van der Waals surface area contributed by atoms with E-state index in [1.54, 1.807) is 23.9 Å². The number of morpholine rings is 1. The molecule has 1 fully saturated rings. The van der Waals surface area contributed by atoms with E-state index in [2.05, 4.69) is 23.7 Å². The van der Waals surface area contributed by atoms with Crippen LogP contribution in [0.3, 0.4) is 0 Å². The third-order valence-corrected chi connectivity index (χ3v) is 6.94. The zero-order valence-corrected chi connectivity index (χ0v) is 17.8. The van der Waals surface area contributed by atoms with Crippen molar-refractivity contribution >= 4 is 37.6 Å². The first-order chi connectivity index (χ1) is 14.6. The highest BCUT2D eigenvalue weighted by molar-refractivity contribution is 7.26. The second-order valence-corrected chi connectivity index (χ2v) is 9.38. The molecule has 6 rings (SSSR count). The molecule has 30 heavy (non-hydrogen) atoms. The van der Waals surface area contributed by atoms with Crippen molar-refractivity contribution in [2.75, 3.05) is 31.2 Å². The minimum absolute atomic E-state index is 0.240. The first-order valence-corrected chi connectivity index (χ1v) is 11.0. The monoisotopic (exact) mass is 422 g/mol. The van der Waals surface area contributed by atoms with Crippen LogP contribution in [0.5, 0.6) is 0 Å². The standard InChI is InChI=1S/C22H22N4O3S/c1-22(2)10-13-14(11-29-22)17(15-4-3-7-28-15)25-21-16(13)18-19(30-21)20(24-12-23-18)26-5-8-27-9-6-26/h3-4,7,12H,5-6,8-11H2,1-2H3. The molecule has 2 aliphatic heterocycles. The van der Waals surface area contributed by atoms with Crippen LogP contribution < -0.4 is 4.90 Å². The van der Waals surface area contributed by atoms with E-state index in [-0.39, 0.29) is 5.60 Å². The van der Waals surface area contributed by atoms with E-state index >= 15 is 0 Å². The maximum absolute atomic E-state index is 6.15. The molecule has 0 radical (unpaired) electrons. The van der Waals surface area contributed by atoms with Crippen molar-refractivity contribution in [2.45, 2.75) is 32.5 Å². The number of rotatable bonds is 2. The average molecular weight is 423 g/mol. The number of fused-ring (bicyclic) bond motifs is 5. The number of anilines is 1. The Kier molecular flexibility index (Phi) is 4.09. The lowest BCUT2D eigenvalue weighted by molar-refractivity contribution is -0.0395. The molecule has 4 aromatic heterocycles. The van der Waals surface area contributed by atoms with Gasteiger partial charge >= 0.3 is 0 Å². The smallest absolute Gasteiger partial charge is 0.152 e. The Morgan fingerprint density at radius 3 is 2.80 bits per heavy atom. The highest BCUT2D eigenvalue weighted by atomic mass is 32.1. The number of hydrogen-bond donors (Lipinski definition) is 0. The lowest BCUT2D eigenvalue weighted by Gasteiger charge is -2.32. The summed E-state index contributed by atoms with van der Waals surface area (Å²) >= 11 is 1.67. The van der Waals surface area contributed by atoms with Gasteiger partial charge in [0.05, 0.1) is 41.9 Å². The Hall–Kier alpha value is -2.55. The summed E-state index contributed by atoms with van der Waals surface area (Å²) in [5.41, 5.74) is 3.98. The summed E-state index contributed by atoms with van der Waals surface area (Å²) in [4.78, 5) is 17.6. The summed E-state index contributed by atoms with van der Waals surface area (Å²) in [5.74, 6) is 1.75. The molecule has 0 amide bonds. The van der Waals surface area contributed by atoms with Gasteiger partial charge in [-0.05, 0) is 31.5 Å². The van der Waals surface area contributed by atoms with E-state index < -0.39 is 0 Å². The average Bonchev–Trinajstić information content (AvgIpc) is 3.40. The van der Waals surface area contributed by atoms with Gasteiger partial charge in [0, 0.05) is 30.5 Å². The molecule has 8 heteroatoms. The summed E-state index contributed by atoms with van der Waals surface area (Å²) in [5, 5.41) is 1.13. The van der Waals surface area contributed by atoms with E-state index in [1.807, 2.05) is 12.1 Å². The van der Waals surface area contributed by atoms with E-state index in [1.165, 1.54) is 5.56 Å². The van der Waals surface area contributed by atoms with Crippen molar-refractivity contribution in [3.8, 4) is 11.5 Å². The van der Waals surface area contributed by atoms with Crippen LogP contribution in [-0.2, 0) is 22.5 Å². The number of ether oxygens (including phenoxy) is 2. The second kappa shape index (κ2) is 6.73. The van der Waals surface area contributed by atoms with Gasteiger partial charge in [-0.2, -0.15) is 0 Å². The van der Waals surface area contributed by atoms with Gasteiger partial charge in [-0.1, -0.05) is 0 Å². The van der Waals surface area contributed by atoms with E-state index in [4.69, 9.17) is 23.9 Å². The number of pyridine rings is 1. The summed E-state index contributed by atoms with van der Waals surface area (Å²) in [6, 6.07) is 3.86. The molecule has 6 heterocycles. The van der Waals surface area contributed by atoms with Crippen LogP contribution in [-0.4, -0.2) is 46.9 Å². The van der Waals surface area contributed by atoms with Gasteiger partial charge < -0.3 is 18.8 Å². The molecule has 7 nitrogen and oxygen atoms in total. The zero-order valence-electron chi connectivity index (χ0n) is 17.0. The van der Waals surface area contributed by atoms with Gasteiger partial charge in [0.2, 0.25) is 0 Å². The molecule has 0 saturated carbocycles. The fourth-order valence-corrected chi connectivity index (χ4v) is 5.59. The Morgan fingerprint density at radius 1 is 1.13 bits per heavy atom. The zero-order chi connectivity index (χ0) is 20.3. The number of nitrogens with zero attached hydrogens (tertiary/aromatic N) is 4. The summed E-state index contributed by atoms with van der Waals surface area (Å²) < 4.78 is 18.5. The summed E-state index contributed by atoms with van der Waals surface area (Å²) in [6.45, 7) is 7.90. The predicted octanol–water partition coefficient (Wildman–Crippen LogP) is 4.19. The second-order valence-electron chi connectivity index (χ2n) is 8.38. The molecule has 1 saturated heterocycles. The number of hydrogen-bond acceptors (Lipinski definition) is 8. The van der Waals surface area contributed by atoms with Crippen LogP contribution in [0.15, 0.2) is 29.1 Å². The van der Waals surface area contributed by atoms with Crippen molar-refractivity contribution in [3.05, 3.63) is 35.9 Å². The molecule has 0 N–H and O–H groups in total. The van der Waals surface area contributed by atoms with Crippen LogP contribution >= 0.6 is 11.3 Å². The molecule has 0 atom stereocenters. The summed E-state index contributed by atoms with van der Waals surface area (Å²) in [7, 11) is 0. The van der Waals surface area contributed by atoms with Crippen LogP contribution in [0.1, 0.15) is 25.0 Å². The first kappa shape index (κ1) is 18.2. The Labute approximate surface area is 177 Å². The number of furan rings is 1. The fraction of sp³-hybridized carbons (Fsp3) is 0.409. The highest BCUT2D eigenvalue weighted by Gasteiger charge is 2.33. The molecule has 154 valence electrons. The topological polar surface area (TPSA) is 73.5 Å². The molecule has 0 aromatic carbocycles. The Bertz CT molecular complexity index is 1240. The van der Waals surface area contributed by atoms with Gasteiger partial charge in [0.25, 0.3) is 0 Å². The maximum atomic E-state index is 6.15. The van der Waals surface area contributed by atoms with Crippen molar-refractivity contribution in [2.24, 2.45) is 0 Å². The Balaban J connectivity index is 1.65. The van der Waals surface area contributed by atoms with Gasteiger partial charge in [0.15, 0.2) is 5.76 Å². The molecular formula is C22H22N4O3S. The number of thiophene rings is 1. The lowest BCUT2D eigenvalue weighted by Crippen LogP contribution is -2.36. The first-order valence-electron chi connectivity index (χ1n) is 10.2. The van der Waals surface area contributed by atoms with Crippen LogP contribution in [0, 0.1) is 0 Å². The largest absolute Gasteiger partial charge is 0.463 e. The minimum Gasteiger partial charge on any atom is -0.463 e. The fourth-order valence-electron chi connectivity index (χ4n) is 4.41. The minimum atomic E-state index is -0.240. The van der Waals surface area contributed by atoms with Crippen molar-refractivity contribution in [1.82, 2.24) is 15.0 Å². The molecule has 2 aliphatic rings. The summed E-state index contributed by atoms with van der Waals surface area (Å²) in [6.07, 6.45) is 4.17. The molecule has 0 bridgehead atoms. The van der Waals surface area contributed by atoms with Crippen LogP contribution in [0.4, 0.5) is 5.82 Å². The third-order valence-electron chi connectivity index (χ3n) is 5.87. The van der Waals surface area contributed by atoms with Gasteiger partial charge in [-0.3, -0.25) is 0 Å². The SMILES string of the molecule is CC1(C)Cc2c(c(-c3ccco3)nc3sc4c(N5CCOCC5)ncnc4c23)CO1. The van der Waals surface area contributed by atoms with Crippen molar-refractivity contribution < 1.29 is 13.9 Å². The molecule has 4 aromatic rings. The van der Waals surface area contributed by atoms with Crippen molar-refractivity contribution in [1.29, 1.82) is 0 Å². The molecule has 0 unspecified atom stereocenters. The normalized spacial score (nSPS) is 18.8. The maximum Gasteiger partial charge on any atom is 0.152 e. The van der Waals surface area contributed by atoms with Gasteiger partial charge in [-0.25, -0.2) is 15.0 Å². The molecular weight excluding hydrogens is 400 g/mol. The third kappa shape index (κ3) is 2.82. The molecule has 0 aliphatic carbocycles. The highest BCUT2D eigenvalue weighted by Crippen LogP contribution is 2.44. The number of aromatic nitrogens is 3. The molecule has 0 spiro atoms. The quantitative estimate of drug-likeness (QED) is 0.480. The predicted molar refractivity (Wildman–Crippen MR) is 116 cm³/mol.